The van der Waals surface area contributed by atoms with Crippen molar-refractivity contribution in [2.75, 3.05) is 27.2 Å². The second-order valence-corrected chi connectivity index (χ2v) is 7.61. The third kappa shape index (κ3) is 7.23. The van der Waals surface area contributed by atoms with Gasteiger partial charge in [-0.25, -0.2) is 9.98 Å². The Morgan fingerprint density at radius 1 is 1.24 bits per heavy atom. The quantitative estimate of drug-likeness (QED) is 0.562. The van der Waals surface area contributed by atoms with Crippen molar-refractivity contribution in [1.82, 2.24) is 20.5 Å². The summed E-state index contributed by atoms with van der Waals surface area (Å²) in [6.45, 7) is 7.47. The fourth-order valence-corrected chi connectivity index (χ4v) is 3.30. The van der Waals surface area contributed by atoms with E-state index >= 15 is 0 Å². The van der Waals surface area contributed by atoms with Crippen LogP contribution in [-0.4, -0.2) is 43.0 Å². The predicted molar refractivity (Wildman–Crippen MR) is 107 cm³/mol. The first kappa shape index (κ1) is 19.4. The molecule has 0 atom stereocenters. The first-order valence-electron chi connectivity index (χ1n) is 8.73. The van der Waals surface area contributed by atoms with Crippen LogP contribution in [0, 0.1) is 6.92 Å². The largest absolute Gasteiger partial charge is 0.357 e. The molecule has 5 nitrogen and oxygen atoms in total. The van der Waals surface area contributed by atoms with Gasteiger partial charge in [0.2, 0.25) is 0 Å². The number of aryl methyl sites for hydroxylation is 1. The molecule has 0 bridgehead atoms. The van der Waals surface area contributed by atoms with E-state index < -0.39 is 0 Å². The fourth-order valence-electron chi connectivity index (χ4n) is 2.51. The summed E-state index contributed by atoms with van der Waals surface area (Å²) in [7, 11) is 4.17. The van der Waals surface area contributed by atoms with Crippen LogP contribution >= 0.6 is 11.3 Å². The van der Waals surface area contributed by atoms with E-state index in [0.29, 0.717) is 6.54 Å². The summed E-state index contributed by atoms with van der Waals surface area (Å²) in [4.78, 5) is 12.5. The van der Waals surface area contributed by atoms with E-state index in [9.17, 15) is 0 Å². The summed E-state index contributed by atoms with van der Waals surface area (Å²) in [5.74, 6) is 0.855. The summed E-state index contributed by atoms with van der Waals surface area (Å²) in [6, 6.07) is 8.62. The topological polar surface area (TPSA) is 52.6 Å². The molecule has 0 aliphatic carbocycles. The smallest absolute Gasteiger partial charge is 0.191 e. The molecule has 0 fully saturated rings. The normalized spacial score (nSPS) is 11.8. The molecule has 0 saturated heterocycles. The number of guanidine groups is 1. The van der Waals surface area contributed by atoms with Crippen LogP contribution in [-0.2, 0) is 19.5 Å². The molecule has 1 heterocycles. The number of nitrogens with zero attached hydrogens (tertiary/aromatic N) is 3. The molecule has 0 saturated carbocycles. The maximum atomic E-state index is 4.70. The summed E-state index contributed by atoms with van der Waals surface area (Å²) >= 11 is 1.75. The number of hydrogen-bond acceptors (Lipinski definition) is 4. The second-order valence-electron chi connectivity index (χ2n) is 6.29. The van der Waals surface area contributed by atoms with Gasteiger partial charge in [0.15, 0.2) is 5.96 Å². The lowest BCUT2D eigenvalue weighted by molar-refractivity contribution is 0.402. The van der Waals surface area contributed by atoms with E-state index in [1.54, 1.807) is 11.3 Å². The lowest BCUT2D eigenvalue weighted by Crippen LogP contribution is -2.38. The van der Waals surface area contributed by atoms with E-state index in [4.69, 9.17) is 4.99 Å². The zero-order valence-corrected chi connectivity index (χ0v) is 16.5. The fraction of sp³-hybridized carbons (Fsp3) is 0.474. The van der Waals surface area contributed by atoms with Crippen LogP contribution in [0.4, 0.5) is 0 Å². The Balaban J connectivity index is 1.89. The van der Waals surface area contributed by atoms with Crippen LogP contribution in [0.2, 0.25) is 0 Å². The van der Waals surface area contributed by atoms with Crippen molar-refractivity contribution >= 4 is 17.3 Å². The molecule has 0 radical (unpaired) electrons. The molecule has 1 aromatic heterocycles. The van der Waals surface area contributed by atoms with Crippen molar-refractivity contribution in [3.05, 3.63) is 51.5 Å². The summed E-state index contributed by atoms with van der Waals surface area (Å²) in [5.41, 5.74) is 2.54. The van der Waals surface area contributed by atoms with Crippen LogP contribution in [0.3, 0.4) is 0 Å². The van der Waals surface area contributed by atoms with E-state index in [0.717, 1.165) is 37.0 Å². The van der Waals surface area contributed by atoms with E-state index in [1.165, 1.54) is 16.0 Å². The molecule has 136 valence electrons. The molecule has 1 aromatic carbocycles. The van der Waals surface area contributed by atoms with Gasteiger partial charge in [-0.05, 0) is 39.1 Å². The first-order valence-corrected chi connectivity index (χ1v) is 9.54. The minimum atomic E-state index is 0.674. The second kappa shape index (κ2) is 10.2. The Labute approximate surface area is 155 Å². The Morgan fingerprint density at radius 3 is 2.72 bits per heavy atom. The Kier molecular flexibility index (Phi) is 7.88. The number of aliphatic imine (C=N–C) groups is 1. The summed E-state index contributed by atoms with van der Waals surface area (Å²) in [5, 5.41) is 7.86. The molecule has 0 spiro atoms. The minimum absolute atomic E-state index is 0.674. The molecule has 2 rings (SSSR count). The van der Waals surface area contributed by atoms with Gasteiger partial charge in [-0.15, -0.1) is 11.3 Å². The van der Waals surface area contributed by atoms with E-state index in [2.05, 4.69) is 72.7 Å². The average Bonchev–Trinajstić information content (AvgIpc) is 2.98. The zero-order valence-electron chi connectivity index (χ0n) is 15.7. The number of aromatic nitrogens is 1. The molecule has 2 aromatic rings. The van der Waals surface area contributed by atoms with Gasteiger partial charge in [-0.1, -0.05) is 24.3 Å². The van der Waals surface area contributed by atoms with Crippen molar-refractivity contribution in [1.29, 1.82) is 0 Å². The molecule has 6 heteroatoms. The number of rotatable bonds is 8. The molecule has 0 aliphatic heterocycles. The van der Waals surface area contributed by atoms with Gasteiger partial charge in [0.25, 0.3) is 0 Å². The molecule has 0 unspecified atom stereocenters. The monoisotopic (exact) mass is 359 g/mol. The highest BCUT2D eigenvalue weighted by Crippen LogP contribution is 2.11. The maximum Gasteiger partial charge on any atom is 0.191 e. The van der Waals surface area contributed by atoms with Crippen LogP contribution in [0.5, 0.6) is 0 Å². The molecule has 2 N–H and O–H groups in total. The standard InChI is InChI=1S/C19H29N5S/c1-5-20-19(21-10-9-18-22-12-15(2)25-18)23-13-16-7-6-8-17(11-16)14-24(3)4/h6-8,11-12H,5,9-10,13-14H2,1-4H3,(H2,20,21,23). The lowest BCUT2D eigenvalue weighted by atomic mass is 10.1. The van der Waals surface area contributed by atoms with Crippen LogP contribution in [0.15, 0.2) is 35.5 Å². The van der Waals surface area contributed by atoms with Crippen molar-refractivity contribution < 1.29 is 0 Å². The summed E-state index contributed by atoms with van der Waals surface area (Å²) < 4.78 is 0. The molecular weight excluding hydrogens is 330 g/mol. The van der Waals surface area contributed by atoms with Crippen molar-refractivity contribution in [2.45, 2.75) is 33.4 Å². The van der Waals surface area contributed by atoms with Gasteiger partial charge in [0.1, 0.15) is 0 Å². The Hall–Kier alpha value is -1.92. The number of thiazole rings is 1. The van der Waals surface area contributed by atoms with E-state index in [-0.39, 0.29) is 0 Å². The highest BCUT2D eigenvalue weighted by atomic mass is 32.1. The SMILES string of the molecule is CCNC(=NCc1cccc(CN(C)C)c1)NCCc1ncc(C)s1. The number of nitrogens with one attached hydrogen (secondary N) is 2. The van der Waals surface area contributed by atoms with Gasteiger partial charge >= 0.3 is 0 Å². The molecule has 0 amide bonds. The Bertz CT molecular complexity index is 678. The van der Waals surface area contributed by atoms with Gasteiger partial charge < -0.3 is 15.5 Å². The van der Waals surface area contributed by atoms with Crippen LogP contribution < -0.4 is 10.6 Å². The van der Waals surface area contributed by atoms with Crippen LogP contribution in [0.25, 0.3) is 0 Å². The Morgan fingerprint density at radius 2 is 2.04 bits per heavy atom. The third-order valence-electron chi connectivity index (χ3n) is 3.55. The molecular formula is C19H29N5S. The van der Waals surface area contributed by atoms with Crippen LogP contribution in [0.1, 0.15) is 27.9 Å². The average molecular weight is 360 g/mol. The molecule has 0 aliphatic rings. The van der Waals surface area contributed by atoms with Gasteiger partial charge in [-0.3, -0.25) is 0 Å². The van der Waals surface area contributed by atoms with Crippen molar-refractivity contribution in [3.8, 4) is 0 Å². The van der Waals surface area contributed by atoms with Crippen molar-refractivity contribution in [2.24, 2.45) is 4.99 Å². The van der Waals surface area contributed by atoms with Crippen molar-refractivity contribution in [3.63, 3.8) is 0 Å². The predicted octanol–water partition coefficient (Wildman–Crippen LogP) is 2.81. The summed E-state index contributed by atoms with van der Waals surface area (Å²) in [6.07, 6.45) is 2.85. The first-order chi connectivity index (χ1) is 12.1. The highest BCUT2D eigenvalue weighted by Gasteiger charge is 2.02. The number of benzene rings is 1. The lowest BCUT2D eigenvalue weighted by Gasteiger charge is -2.12. The maximum absolute atomic E-state index is 4.70. The van der Waals surface area contributed by atoms with E-state index in [1.807, 2.05) is 6.20 Å². The van der Waals surface area contributed by atoms with Gasteiger partial charge in [-0.2, -0.15) is 0 Å². The minimum Gasteiger partial charge on any atom is -0.357 e. The van der Waals surface area contributed by atoms with Gasteiger partial charge in [0.05, 0.1) is 11.6 Å². The third-order valence-corrected chi connectivity index (χ3v) is 4.53. The van der Waals surface area contributed by atoms with Gasteiger partial charge in [0, 0.05) is 37.1 Å². The number of hydrogen-bond donors (Lipinski definition) is 2. The zero-order chi connectivity index (χ0) is 18.1. The highest BCUT2D eigenvalue weighted by molar-refractivity contribution is 7.11. The molecule has 25 heavy (non-hydrogen) atoms.